The molecule has 0 atom stereocenters. The fraction of sp³-hybridized carbons (Fsp3) is 0.0645. The molecule has 36 heavy (non-hydrogen) atoms. The van der Waals surface area contributed by atoms with Gasteiger partial charge in [-0.1, -0.05) is 18.2 Å². The number of H-pyrrole nitrogens is 1. The van der Waals surface area contributed by atoms with Crippen LogP contribution in [0.1, 0.15) is 11.1 Å². The molecule has 8 rings (SSSR count). The molecule has 5 nitrogen and oxygen atoms in total. The maximum absolute atomic E-state index is 4.99. The summed E-state index contributed by atoms with van der Waals surface area (Å²) in [5, 5.41) is 5.88. The van der Waals surface area contributed by atoms with E-state index >= 15 is 0 Å². The molecule has 0 saturated carbocycles. The Balaban J connectivity index is 1.49. The Kier molecular flexibility index (Phi) is 3.74. The molecule has 1 N–H and O–H groups in total. The van der Waals surface area contributed by atoms with E-state index in [1.807, 2.05) is 30.7 Å². The van der Waals surface area contributed by atoms with Gasteiger partial charge in [-0.15, -0.1) is 0 Å². The van der Waals surface area contributed by atoms with Crippen LogP contribution in [0, 0.1) is 13.8 Å². The number of nitrogens with one attached hydrogen (secondary N) is 1. The maximum atomic E-state index is 4.99. The molecule has 0 fully saturated rings. The lowest BCUT2D eigenvalue weighted by Crippen LogP contribution is -1.95. The minimum absolute atomic E-state index is 0.868. The summed E-state index contributed by atoms with van der Waals surface area (Å²) >= 11 is 0. The molecule has 0 amide bonds. The number of para-hydroxylation sites is 1. The van der Waals surface area contributed by atoms with Crippen molar-refractivity contribution >= 4 is 60.3 Å². The fourth-order valence-corrected chi connectivity index (χ4v) is 5.81. The Morgan fingerprint density at radius 1 is 0.667 bits per heavy atom. The second-order valence-electron chi connectivity index (χ2n) is 9.61. The van der Waals surface area contributed by atoms with Gasteiger partial charge < -0.3 is 4.98 Å². The second-order valence-corrected chi connectivity index (χ2v) is 9.61. The molecular weight excluding hydrogens is 442 g/mol. The number of nitrogens with zero attached hydrogens (tertiary/aromatic N) is 4. The van der Waals surface area contributed by atoms with Crippen LogP contribution in [-0.2, 0) is 0 Å². The van der Waals surface area contributed by atoms with Crippen LogP contribution >= 0.6 is 0 Å². The van der Waals surface area contributed by atoms with Crippen LogP contribution in [0.4, 0.5) is 0 Å². The van der Waals surface area contributed by atoms with Gasteiger partial charge in [-0.25, -0.2) is 9.97 Å². The first kappa shape index (κ1) is 19.5. The summed E-state index contributed by atoms with van der Waals surface area (Å²) in [5.41, 5.74) is 11.0. The van der Waals surface area contributed by atoms with Crippen molar-refractivity contribution in [3.8, 4) is 11.1 Å². The number of pyridine rings is 3. The Labute approximate surface area is 206 Å². The Hall–Kier alpha value is -4.77. The average Bonchev–Trinajstić information content (AvgIpc) is 3.47. The van der Waals surface area contributed by atoms with Gasteiger partial charge in [0.25, 0.3) is 0 Å². The molecule has 5 heteroatoms. The van der Waals surface area contributed by atoms with Crippen LogP contribution in [0.25, 0.3) is 71.4 Å². The Morgan fingerprint density at radius 2 is 1.50 bits per heavy atom. The van der Waals surface area contributed by atoms with Gasteiger partial charge in [-0.05, 0) is 90.0 Å². The van der Waals surface area contributed by atoms with Crippen molar-refractivity contribution in [2.45, 2.75) is 13.8 Å². The van der Waals surface area contributed by atoms with Crippen LogP contribution in [0.3, 0.4) is 0 Å². The number of imidazole rings is 1. The van der Waals surface area contributed by atoms with Gasteiger partial charge in [-0.2, -0.15) is 0 Å². The van der Waals surface area contributed by atoms with E-state index in [1.54, 1.807) is 0 Å². The third kappa shape index (κ3) is 2.52. The van der Waals surface area contributed by atoms with Crippen molar-refractivity contribution in [3.05, 3.63) is 96.4 Å². The number of benzene rings is 3. The molecule has 0 spiro atoms. The highest BCUT2D eigenvalue weighted by atomic mass is 15.1. The largest absolute Gasteiger partial charge is 0.354 e. The maximum Gasteiger partial charge on any atom is 0.164 e. The van der Waals surface area contributed by atoms with Gasteiger partial charge in [0.15, 0.2) is 5.65 Å². The van der Waals surface area contributed by atoms with Crippen LogP contribution in [0.15, 0.2) is 85.3 Å². The number of hydrogen-bond donors (Lipinski definition) is 1. The molecule has 0 aliphatic heterocycles. The minimum Gasteiger partial charge on any atom is -0.354 e. The molecule has 170 valence electrons. The molecule has 5 aromatic heterocycles. The Morgan fingerprint density at radius 3 is 2.42 bits per heavy atom. The summed E-state index contributed by atoms with van der Waals surface area (Å²) in [4.78, 5) is 17.7. The lowest BCUT2D eigenvalue weighted by Gasteiger charge is -2.14. The molecule has 3 aromatic carbocycles. The van der Waals surface area contributed by atoms with Crippen molar-refractivity contribution in [2.24, 2.45) is 0 Å². The number of rotatable bonds is 1. The second kappa shape index (κ2) is 6.89. The quantitative estimate of drug-likeness (QED) is 0.256. The normalized spacial score (nSPS) is 12.2. The summed E-state index contributed by atoms with van der Waals surface area (Å²) in [6.07, 6.45) is 5.62. The zero-order valence-corrected chi connectivity index (χ0v) is 19.9. The van der Waals surface area contributed by atoms with E-state index in [0.717, 1.165) is 44.0 Å². The van der Waals surface area contributed by atoms with Gasteiger partial charge in [0.05, 0.1) is 5.52 Å². The van der Waals surface area contributed by atoms with Crippen molar-refractivity contribution in [3.63, 3.8) is 0 Å². The summed E-state index contributed by atoms with van der Waals surface area (Å²) in [6, 6.07) is 23.7. The van der Waals surface area contributed by atoms with E-state index in [2.05, 4.69) is 87.8 Å². The first-order valence-corrected chi connectivity index (χ1v) is 12.1. The lowest BCUT2D eigenvalue weighted by atomic mass is 9.92. The van der Waals surface area contributed by atoms with Crippen molar-refractivity contribution in [1.82, 2.24) is 24.3 Å². The van der Waals surface area contributed by atoms with Gasteiger partial charge in [0, 0.05) is 51.2 Å². The highest BCUT2D eigenvalue weighted by molar-refractivity contribution is 6.15. The summed E-state index contributed by atoms with van der Waals surface area (Å²) < 4.78 is 2.16. The van der Waals surface area contributed by atoms with Crippen LogP contribution in [0.5, 0.6) is 0 Å². The zero-order valence-electron chi connectivity index (χ0n) is 19.9. The predicted molar refractivity (Wildman–Crippen MR) is 148 cm³/mol. The highest BCUT2D eigenvalue weighted by Crippen LogP contribution is 2.38. The SMILES string of the molecule is Cc1cc2c(cc1-c1cc3c4cnccc4n4c5ncccc5nc4c3cc1C)[nH]c1ccccc12. The highest BCUT2D eigenvalue weighted by Gasteiger charge is 2.17. The van der Waals surface area contributed by atoms with E-state index in [9.17, 15) is 0 Å². The van der Waals surface area contributed by atoms with E-state index in [-0.39, 0.29) is 0 Å². The summed E-state index contributed by atoms with van der Waals surface area (Å²) in [6.45, 7) is 4.39. The molecule has 0 saturated heterocycles. The van der Waals surface area contributed by atoms with Crippen LogP contribution in [0.2, 0.25) is 0 Å². The van der Waals surface area contributed by atoms with Crippen molar-refractivity contribution in [2.75, 3.05) is 0 Å². The molecule has 0 bridgehead atoms. The average molecular weight is 464 g/mol. The van der Waals surface area contributed by atoms with Crippen LogP contribution in [-0.4, -0.2) is 24.3 Å². The van der Waals surface area contributed by atoms with E-state index in [0.29, 0.717) is 0 Å². The summed E-state index contributed by atoms with van der Waals surface area (Å²) in [5.74, 6) is 0. The lowest BCUT2D eigenvalue weighted by molar-refractivity contribution is 1.24. The van der Waals surface area contributed by atoms with E-state index in [1.165, 1.54) is 38.5 Å². The molecule has 8 aromatic rings. The first-order chi connectivity index (χ1) is 17.7. The fourth-order valence-electron chi connectivity index (χ4n) is 5.81. The molecule has 0 radical (unpaired) electrons. The number of fused-ring (bicyclic) bond motifs is 11. The van der Waals surface area contributed by atoms with E-state index in [4.69, 9.17) is 4.98 Å². The molecule has 5 heterocycles. The molecule has 0 aliphatic carbocycles. The van der Waals surface area contributed by atoms with Gasteiger partial charge in [0.1, 0.15) is 11.2 Å². The standard InChI is InChI=1S/C31H21N5/c1-17-12-23-19-6-3-4-7-26(19)34-28(23)15-21(17)20-14-22-24(13-18(20)2)30-35-27-8-5-10-33-31(27)36(30)29-9-11-32-16-25(22)29/h3-16,34H,1-2H3. The van der Waals surface area contributed by atoms with Crippen LogP contribution < -0.4 is 0 Å². The third-order valence-corrected chi connectivity index (χ3v) is 7.49. The van der Waals surface area contributed by atoms with Crippen molar-refractivity contribution in [1.29, 1.82) is 0 Å². The third-order valence-electron chi connectivity index (χ3n) is 7.49. The molecule has 0 aliphatic rings. The van der Waals surface area contributed by atoms with Gasteiger partial charge >= 0.3 is 0 Å². The molecular formula is C31H21N5. The summed E-state index contributed by atoms with van der Waals surface area (Å²) in [7, 11) is 0. The zero-order chi connectivity index (χ0) is 24.0. The molecule has 0 unspecified atom stereocenters. The topological polar surface area (TPSA) is 58.9 Å². The van der Waals surface area contributed by atoms with E-state index < -0.39 is 0 Å². The number of aromatic nitrogens is 5. The number of aryl methyl sites for hydroxylation is 2. The first-order valence-electron chi connectivity index (χ1n) is 12.1. The smallest absolute Gasteiger partial charge is 0.164 e. The number of aromatic amines is 1. The Bertz CT molecular complexity index is 2180. The monoisotopic (exact) mass is 463 g/mol. The number of hydrogen-bond acceptors (Lipinski definition) is 3. The van der Waals surface area contributed by atoms with Gasteiger partial charge in [0.2, 0.25) is 0 Å². The minimum atomic E-state index is 0.868. The predicted octanol–water partition coefficient (Wildman–Crippen LogP) is 7.50. The van der Waals surface area contributed by atoms with Gasteiger partial charge in [-0.3, -0.25) is 9.38 Å². The van der Waals surface area contributed by atoms with Crippen molar-refractivity contribution < 1.29 is 0 Å².